The van der Waals surface area contributed by atoms with Gasteiger partial charge in [-0.2, -0.15) is 0 Å². The molecule has 0 aromatic carbocycles. The first-order chi connectivity index (χ1) is 6.86. The molecule has 0 unspecified atom stereocenters. The van der Waals surface area contributed by atoms with E-state index in [0.29, 0.717) is 14.5 Å². The van der Waals surface area contributed by atoms with Gasteiger partial charge in [0.15, 0.2) is 0 Å². The SMILES string of the molecule is O=c1[nH]cnc2[se]c3c(c12)CCCC3. The number of hydrogen-bond acceptors (Lipinski definition) is 2. The molecule has 0 saturated carbocycles. The van der Waals surface area contributed by atoms with Crippen LogP contribution in [0.4, 0.5) is 0 Å². The van der Waals surface area contributed by atoms with Crippen LogP contribution < -0.4 is 5.56 Å². The molecule has 0 atom stereocenters. The monoisotopic (exact) mass is 254 g/mol. The van der Waals surface area contributed by atoms with Crippen LogP contribution in [0.2, 0.25) is 0 Å². The molecule has 0 aliphatic heterocycles. The van der Waals surface area contributed by atoms with Crippen LogP contribution in [0.15, 0.2) is 11.1 Å². The molecular weight excluding hydrogens is 243 g/mol. The van der Waals surface area contributed by atoms with Crippen molar-refractivity contribution in [2.24, 2.45) is 0 Å². The summed E-state index contributed by atoms with van der Waals surface area (Å²) in [4.78, 5) is 18.6. The number of nitrogens with one attached hydrogen (secondary N) is 1. The van der Waals surface area contributed by atoms with E-state index in [1.807, 2.05) is 0 Å². The van der Waals surface area contributed by atoms with Crippen LogP contribution in [0, 0.1) is 0 Å². The van der Waals surface area contributed by atoms with Crippen LogP contribution in [-0.2, 0) is 12.8 Å². The van der Waals surface area contributed by atoms with E-state index in [0.717, 1.165) is 16.2 Å². The summed E-state index contributed by atoms with van der Waals surface area (Å²) in [6, 6.07) is 0. The zero-order valence-corrected chi connectivity index (χ0v) is 9.38. The minimum atomic E-state index is 0.0591. The molecule has 3 nitrogen and oxygen atoms in total. The fourth-order valence-corrected chi connectivity index (χ4v) is 4.68. The number of hydrogen-bond donors (Lipinski definition) is 1. The predicted molar refractivity (Wildman–Crippen MR) is 55.9 cm³/mol. The zero-order valence-electron chi connectivity index (χ0n) is 7.67. The standard InChI is InChI=1S/C10H10N2OSe/c13-9-8-6-3-1-2-4-7(6)14-10(8)12-5-11-9/h5H,1-4H2,(H,11,12,13). The van der Waals surface area contributed by atoms with Crippen molar-refractivity contribution >= 4 is 24.3 Å². The summed E-state index contributed by atoms with van der Waals surface area (Å²) in [5, 5.41) is 0.905. The van der Waals surface area contributed by atoms with E-state index in [2.05, 4.69) is 9.97 Å². The molecule has 2 aromatic rings. The third-order valence-electron chi connectivity index (χ3n) is 2.76. The number of aryl methyl sites for hydroxylation is 2. The molecule has 2 aromatic heterocycles. The summed E-state index contributed by atoms with van der Waals surface area (Å²) in [7, 11) is 0. The second-order valence-corrected chi connectivity index (χ2v) is 5.90. The summed E-state index contributed by atoms with van der Waals surface area (Å²) < 4.78 is 2.57. The van der Waals surface area contributed by atoms with Crippen LogP contribution in [0.3, 0.4) is 0 Å². The van der Waals surface area contributed by atoms with E-state index in [1.165, 1.54) is 35.6 Å². The summed E-state index contributed by atoms with van der Waals surface area (Å²) in [6.45, 7) is 0. The zero-order chi connectivity index (χ0) is 9.54. The average Bonchev–Trinajstić information content (AvgIpc) is 2.57. The van der Waals surface area contributed by atoms with Gasteiger partial charge in [0.25, 0.3) is 0 Å². The Hall–Kier alpha value is -0.861. The van der Waals surface area contributed by atoms with E-state index >= 15 is 0 Å². The van der Waals surface area contributed by atoms with Gasteiger partial charge in [0.05, 0.1) is 0 Å². The molecule has 14 heavy (non-hydrogen) atoms. The van der Waals surface area contributed by atoms with Gasteiger partial charge in [0, 0.05) is 0 Å². The summed E-state index contributed by atoms with van der Waals surface area (Å²) in [5.41, 5.74) is 1.38. The van der Waals surface area contributed by atoms with Gasteiger partial charge >= 0.3 is 86.6 Å². The fraction of sp³-hybridized carbons (Fsp3) is 0.400. The van der Waals surface area contributed by atoms with Crippen molar-refractivity contribution in [2.75, 3.05) is 0 Å². The number of fused-ring (bicyclic) bond motifs is 3. The molecule has 0 fully saturated rings. The Kier molecular flexibility index (Phi) is 1.85. The molecule has 4 heteroatoms. The van der Waals surface area contributed by atoms with Crippen molar-refractivity contribution in [3.05, 3.63) is 26.7 Å². The number of aromatic amines is 1. The van der Waals surface area contributed by atoms with Crippen LogP contribution in [0.25, 0.3) is 9.78 Å². The molecule has 72 valence electrons. The van der Waals surface area contributed by atoms with Crippen molar-refractivity contribution in [3.63, 3.8) is 0 Å². The molecule has 2 heterocycles. The molecule has 1 N–H and O–H groups in total. The van der Waals surface area contributed by atoms with Crippen molar-refractivity contribution in [2.45, 2.75) is 25.7 Å². The third-order valence-corrected chi connectivity index (χ3v) is 5.27. The fourth-order valence-electron chi connectivity index (χ4n) is 2.10. The molecule has 1 aliphatic carbocycles. The predicted octanol–water partition coefficient (Wildman–Crippen LogP) is 0.859. The van der Waals surface area contributed by atoms with Gasteiger partial charge in [-0.15, -0.1) is 0 Å². The molecule has 0 bridgehead atoms. The number of aromatic nitrogens is 2. The van der Waals surface area contributed by atoms with Crippen LogP contribution in [-0.4, -0.2) is 24.5 Å². The normalized spacial score (nSPS) is 15.7. The second kappa shape index (κ2) is 3.07. The number of nitrogens with zero attached hydrogens (tertiary/aromatic N) is 1. The van der Waals surface area contributed by atoms with Gasteiger partial charge < -0.3 is 0 Å². The van der Waals surface area contributed by atoms with E-state index in [1.54, 1.807) is 0 Å². The average molecular weight is 253 g/mol. The third kappa shape index (κ3) is 1.11. The molecule has 0 saturated heterocycles. The first kappa shape index (κ1) is 8.45. The topological polar surface area (TPSA) is 45.8 Å². The van der Waals surface area contributed by atoms with Crippen LogP contribution in [0.5, 0.6) is 0 Å². The van der Waals surface area contributed by atoms with E-state index in [9.17, 15) is 4.79 Å². The maximum atomic E-state index is 11.6. The quantitative estimate of drug-likeness (QED) is 0.708. The Morgan fingerprint density at radius 2 is 2.21 bits per heavy atom. The Morgan fingerprint density at radius 3 is 3.14 bits per heavy atom. The molecule has 0 radical (unpaired) electrons. The van der Waals surface area contributed by atoms with Gasteiger partial charge in [0.1, 0.15) is 0 Å². The Labute approximate surface area is 86.9 Å². The Balaban J connectivity index is 2.44. The van der Waals surface area contributed by atoms with Gasteiger partial charge in [-0.1, -0.05) is 0 Å². The van der Waals surface area contributed by atoms with Gasteiger partial charge in [0.2, 0.25) is 0 Å². The second-order valence-electron chi connectivity index (χ2n) is 3.62. The molecular formula is C10H10N2OSe. The van der Waals surface area contributed by atoms with Crippen LogP contribution in [0.1, 0.15) is 22.8 Å². The summed E-state index contributed by atoms with van der Waals surface area (Å²) >= 11 is 0.333. The molecule has 3 rings (SSSR count). The Morgan fingerprint density at radius 1 is 1.36 bits per heavy atom. The first-order valence-corrected chi connectivity index (χ1v) is 6.55. The van der Waals surface area contributed by atoms with Gasteiger partial charge in [-0.25, -0.2) is 0 Å². The Bertz CT molecular complexity index is 541. The van der Waals surface area contributed by atoms with Crippen molar-refractivity contribution < 1.29 is 0 Å². The van der Waals surface area contributed by atoms with Gasteiger partial charge in [-0.3, -0.25) is 0 Å². The van der Waals surface area contributed by atoms with Crippen molar-refractivity contribution in [1.82, 2.24) is 9.97 Å². The van der Waals surface area contributed by atoms with Crippen molar-refractivity contribution in [3.8, 4) is 0 Å². The van der Waals surface area contributed by atoms with E-state index in [-0.39, 0.29) is 5.56 Å². The van der Waals surface area contributed by atoms with Gasteiger partial charge in [-0.05, 0) is 0 Å². The van der Waals surface area contributed by atoms with E-state index < -0.39 is 0 Å². The minimum absolute atomic E-state index is 0.0591. The molecule has 0 spiro atoms. The maximum absolute atomic E-state index is 11.6. The number of H-pyrrole nitrogens is 1. The molecule has 0 amide bonds. The number of rotatable bonds is 0. The summed E-state index contributed by atoms with van der Waals surface area (Å²) in [6.07, 6.45) is 6.31. The van der Waals surface area contributed by atoms with Crippen LogP contribution >= 0.6 is 0 Å². The van der Waals surface area contributed by atoms with E-state index in [4.69, 9.17) is 0 Å². The van der Waals surface area contributed by atoms with Crippen molar-refractivity contribution in [1.29, 1.82) is 0 Å². The first-order valence-electron chi connectivity index (χ1n) is 4.84. The summed E-state index contributed by atoms with van der Waals surface area (Å²) in [5.74, 6) is 0. The molecule has 1 aliphatic rings.